The number of hydrogen-bond donors (Lipinski definition) is 4. The van der Waals surface area contributed by atoms with Gasteiger partial charge in [0.1, 0.15) is 5.75 Å². The van der Waals surface area contributed by atoms with Crippen molar-refractivity contribution in [1.29, 1.82) is 0 Å². The molecule has 0 amide bonds. The summed E-state index contributed by atoms with van der Waals surface area (Å²) in [7, 11) is 0. The number of nitrogens with one attached hydrogen (secondary N) is 2. The highest BCUT2D eigenvalue weighted by Gasteiger charge is 2.14. The first-order valence-corrected chi connectivity index (χ1v) is 6.36. The molecular formula is C14H18N2O3. The second-order valence-corrected chi connectivity index (χ2v) is 4.47. The minimum Gasteiger partial charge on any atom is -0.506 e. The number of benzene rings is 1. The zero-order valence-corrected chi connectivity index (χ0v) is 10.8. The van der Waals surface area contributed by atoms with Crippen molar-refractivity contribution in [3.8, 4) is 5.75 Å². The standard InChI is InChI=1S/C14H18N2O3/c1-2-7-15-11(8-17)9-3-5-12(18)14-10(9)4-6-13(19)16-14/h3-6,11,15,17-18H,2,7-8H2,1H3,(H,16,19). The Balaban J connectivity index is 2.54. The van der Waals surface area contributed by atoms with Gasteiger partial charge in [-0.1, -0.05) is 13.0 Å². The number of aromatic hydroxyl groups is 1. The topological polar surface area (TPSA) is 85.3 Å². The van der Waals surface area contributed by atoms with Gasteiger partial charge in [-0.25, -0.2) is 0 Å². The summed E-state index contributed by atoms with van der Waals surface area (Å²) in [6, 6.07) is 6.16. The van der Waals surface area contributed by atoms with Crippen molar-refractivity contribution >= 4 is 10.9 Å². The number of phenols is 1. The van der Waals surface area contributed by atoms with Crippen molar-refractivity contribution < 1.29 is 10.2 Å². The van der Waals surface area contributed by atoms with Gasteiger partial charge < -0.3 is 20.5 Å². The number of aromatic amines is 1. The minimum atomic E-state index is -0.262. The van der Waals surface area contributed by atoms with Gasteiger partial charge in [0.15, 0.2) is 0 Å². The fourth-order valence-electron chi connectivity index (χ4n) is 2.15. The van der Waals surface area contributed by atoms with E-state index < -0.39 is 0 Å². The maximum Gasteiger partial charge on any atom is 0.248 e. The van der Waals surface area contributed by atoms with E-state index in [0.29, 0.717) is 5.52 Å². The van der Waals surface area contributed by atoms with Crippen LogP contribution in [-0.2, 0) is 0 Å². The Morgan fingerprint density at radius 2 is 2.11 bits per heavy atom. The van der Waals surface area contributed by atoms with Crippen molar-refractivity contribution in [1.82, 2.24) is 10.3 Å². The Bertz CT molecular complexity index is 622. The normalized spacial score (nSPS) is 12.7. The quantitative estimate of drug-likeness (QED) is 0.653. The highest BCUT2D eigenvalue weighted by molar-refractivity contribution is 5.87. The first-order valence-electron chi connectivity index (χ1n) is 6.36. The highest BCUT2D eigenvalue weighted by atomic mass is 16.3. The summed E-state index contributed by atoms with van der Waals surface area (Å²) in [5, 5.41) is 23.3. The largest absolute Gasteiger partial charge is 0.506 e. The van der Waals surface area contributed by atoms with Crippen LogP contribution in [0.3, 0.4) is 0 Å². The summed E-state index contributed by atoms with van der Waals surface area (Å²) in [6.45, 7) is 2.80. The smallest absolute Gasteiger partial charge is 0.248 e. The third-order valence-electron chi connectivity index (χ3n) is 3.11. The summed E-state index contributed by atoms with van der Waals surface area (Å²) in [6.07, 6.45) is 0.962. The van der Waals surface area contributed by atoms with E-state index in [0.717, 1.165) is 23.9 Å². The lowest BCUT2D eigenvalue weighted by Gasteiger charge is -2.18. The predicted octanol–water partition coefficient (Wildman–Crippen LogP) is 1.27. The van der Waals surface area contributed by atoms with Crippen LogP contribution >= 0.6 is 0 Å². The van der Waals surface area contributed by atoms with E-state index in [9.17, 15) is 15.0 Å². The van der Waals surface area contributed by atoms with Crippen molar-refractivity contribution in [3.05, 3.63) is 40.2 Å². The van der Waals surface area contributed by atoms with Gasteiger partial charge in [0.25, 0.3) is 0 Å². The monoisotopic (exact) mass is 262 g/mol. The number of aliphatic hydroxyl groups is 1. The van der Waals surface area contributed by atoms with Gasteiger partial charge >= 0.3 is 0 Å². The molecule has 0 aliphatic rings. The van der Waals surface area contributed by atoms with E-state index in [1.165, 1.54) is 12.1 Å². The summed E-state index contributed by atoms with van der Waals surface area (Å²) in [5.41, 5.74) is 1.00. The molecule has 1 aromatic heterocycles. The SMILES string of the molecule is CCCNC(CO)c1ccc(O)c2[nH]c(=O)ccc12. The number of H-pyrrole nitrogens is 1. The number of pyridine rings is 1. The van der Waals surface area contributed by atoms with Crippen LogP contribution in [0.4, 0.5) is 0 Å². The van der Waals surface area contributed by atoms with Crippen molar-refractivity contribution in [2.24, 2.45) is 0 Å². The van der Waals surface area contributed by atoms with Crippen LogP contribution in [0.1, 0.15) is 24.9 Å². The molecule has 2 rings (SSSR count). The molecule has 1 atom stereocenters. The summed E-state index contributed by atoms with van der Waals surface area (Å²) >= 11 is 0. The Labute approximate surface area is 110 Å². The Morgan fingerprint density at radius 1 is 1.32 bits per heavy atom. The van der Waals surface area contributed by atoms with Crippen LogP contribution in [0.25, 0.3) is 10.9 Å². The van der Waals surface area contributed by atoms with Gasteiger partial charge in [0.2, 0.25) is 5.56 Å². The molecule has 4 N–H and O–H groups in total. The van der Waals surface area contributed by atoms with E-state index in [2.05, 4.69) is 10.3 Å². The highest BCUT2D eigenvalue weighted by Crippen LogP contribution is 2.28. The molecule has 0 radical (unpaired) electrons. The molecule has 19 heavy (non-hydrogen) atoms. The van der Waals surface area contributed by atoms with E-state index in [4.69, 9.17) is 0 Å². The fraction of sp³-hybridized carbons (Fsp3) is 0.357. The van der Waals surface area contributed by atoms with E-state index >= 15 is 0 Å². The number of hydrogen-bond acceptors (Lipinski definition) is 4. The lowest BCUT2D eigenvalue weighted by atomic mass is 10.0. The van der Waals surface area contributed by atoms with E-state index in [-0.39, 0.29) is 24.0 Å². The molecule has 2 aromatic rings. The molecule has 0 spiro atoms. The molecule has 1 aromatic carbocycles. The Hall–Kier alpha value is -1.85. The second-order valence-electron chi connectivity index (χ2n) is 4.47. The molecule has 1 unspecified atom stereocenters. The first kappa shape index (κ1) is 13.6. The molecule has 0 bridgehead atoms. The third kappa shape index (κ3) is 2.77. The van der Waals surface area contributed by atoms with Crippen molar-refractivity contribution in [2.45, 2.75) is 19.4 Å². The van der Waals surface area contributed by atoms with Crippen LogP contribution in [0, 0.1) is 0 Å². The number of phenolic OH excluding ortho intramolecular Hbond substituents is 1. The zero-order valence-electron chi connectivity index (χ0n) is 10.8. The van der Waals surface area contributed by atoms with Crippen molar-refractivity contribution in [2.75, 3.05) is 13.2 Å². The number of fused-ring (bicyclic) bond motifs is 1. The molecule has 0 saturated carbocycles. The van der Waals surface area contributed by atoms with Crippen LogP contribution in [0.2, 0.25) is 0 Å². The summed E-state index contributed by atoms with van der Waals surface area (Å²) in [5.74, 6) is 0.0311. The van der Waals surface area contributed by atoms with E-state index in [1.54, 1.807) is 12.1 Å². The molecule has 0 saturated heterocycles. The molecule has 0 aliphatic heterocycles. The number of rotatable bonds is 5. The fourth-order valence-corrected chi connectivity index (χ4v) is 2.15. The molecule has 0 fully saturated rings. The summed E-state index contributed by atoms with van der Waals surface area (Å²) < 4.78 is 0. The van der Waals surface area contributed by atoms with Gasteiger partial charge in [-0.2, -0.15) is 0 Å². The Kier molecular flexibility index (Phi) is 4.19. The second kappa shape index (κ2) is 5.86. The molecular weight excluding hydrogens is 244 g/mol. The Morgan fingerprint density at radius 3 is 2.79 bits per heavy atom. The maximum absolute atomic E-state index is 11.3. The van der Waals surface area contributed by atoms with Crippen molar-refractivity contribution in [3.63, 3.8) is 0 Å². The lowest BCUT2D eigenvalue weighted by Crippen LogP contribution is -2.25. The van der Waals surface area contributed by atoms with Gasteiger partial charge in [-0.3, -0.25) is 4.79 Å². The zero-order chi connectivity index (χ0) is 13.8. The van der Waals surface area contributed by atoms with Gasteiger partial charge in [0, 0.05) is 11.5 Å². The third-order valence-corrected chi connectivity index (χ3v) is 3.11. The maximum atomic E-state index is 11.3. The molecule has 5 heteroatoms. The summed E-state index contributed by atoms with van der Waals surface area (Å²) in [4.78, 5) is 13.9. The number of aliphatic hydroxyl groups excluding tert-OH is 1. The molecule has 5 nitrogen and oxygen atoms in total. The van der Waals surface area contributed by atoms with Gasteiger partial charge in [0.05, 0.1) is 18.2 Å². The lowest BCUT2D eigenvalue weighted by molar-refractivity contribution is 0.245. The van der Waals surface area contributed by atoms with Crippen LogP contribution in [0.15, 0.2) is 29.1 Å². The average molecular weight is 262 g/mol. The van der Waals surface area contributed by atoms with E-state index in [1.807, 2.05) is 6.92 Å². The van der Waals surface area contributed by atoms with Gasteiger partial charge in [-0.15, -0.1) is 0 Å². The molecule has 1 heterocycles. The minimum absolute atomic E-state index is 0.0311. The predicted molar refractivity (Wildman–Crippen MR) is 74.4 cm³/mol. The number of aromatic nitrogens is 1. The van der Waals surface area contributed by atoms with Crippen LogP contribution < -0.4 is 10.9 Å². The van der Waals surface area contributed by atoms with Crippen LogP contribution in [0.5, 0.6) is 5.75 Å². The van der Waals surface area contributed by atoms with Crippen LogP contribution in [-0.4, -0.2) is 28.3 Å². The molecule has 102 valence electrons. The van der Waals surface area contributed by atoms with Gasteiger partial charge in [-0.05, 0) is 30.7 Å². The molecule has 0 aliphatic carbocycles. The first-order chi connectivity index (χ1) is 9.17. The average Bonchev–Trinajstić information content (AvgIpc) is 2.42.